The molecule has 3 heterocycles. The second kappa shape index (κ2) is 7.81. The number of methoxy groups -OCH3 is 1. The average molecular weight is 418 g/mol. The van der Waals surface area contributed by atoms with Gasteiger partial charge in [0.1, 0.15) is 23.0 Å². The maximum absolute atomic E-state index is 13.2. The van der Waals surface area contributed by atoms with Gasteiger partial charge in [-0.15, -0.1) is 0 Å². The van der Waals surface area contributed by atoms with Crippen LogP contribution in [-0.4, -0.2) is 27.2 Å². The number of aromatic nitrogens is 4. The zero-order chi connectivity index (χ0) is 21.4. The Labute approximate surface area is 176 Å². The first kappa shape index (κ1) is 19.2. The van der Waals surface area contributed by atoms with Crippen LogP contribution in [0.25, 0.3) is 33.4 Å². The maximum Gasteiger partial charge on any atom is 0.276 e. The largest absolute Gasteiger partial charge is 0.457 e. The van der Waals surface area contributed by atoms with Crippen molar-refractivity contribution >= 4 is 21.8 Å². The summed E-state index contributed by atoms with van der Waals surface area (Å²) in [5.74, 6) is 1.86. The molecule has 156 valence electrons. The van der Waals surface area contributed by atoms with Gasteiger partial charge in [-0.3, -0.25) is 0 Å². The lowest BCUT2D eigenvalue weighted by Gasteiger charge is -2.08. The van der Waals surface area contributed by atoms with Gasteiger partial charge in [0.25, 0.3) is 5.89 Å². The monoisotopic (exact) mass is 418 g/mol. The number of nitrogens with one attached hydrogen (secondary N) is 1. The normalized spacial score (nSPS) is 11.5. The summed E-state index contributed by atoms with van der Waals surface area (Å²) < 4.78 is 30.0. The fourth-order valence-electron chi connectivity index (χ4n) is 3.60. The lowest BCUT2D eigenvalue weighted by Crippen LogP contribution is -1.97. The van der Waals surface area contributed by atoms with Crippen molar-refractivity contribution in [2.45, 2.75) is 20.0 Å². The van der Waals surface area contributed by atoms with Crippen LogP contribution >= 0.6 is 0 Å². The Morgan fingerprint density at radius 3 is 2.61 bits per heavy atom. The maximum atomic E-state index is 13.2. The van der Waals surface area contributed by atoms with Crippen molar-refractivity contribution < 1.29 is 18.4 Å². The highest BCUT2D eigenvalue weighted by molar-refractivity contribution is 6.10. The van der Waals surface area contributed by atoms with Gasteiger partial charge in [-0.1, -0.05) is 12.1 Å². The molecule has 0 saturated carbocycles. The van der Waals surface area contributed by atoms with E-state index in [0.717, 1.165) is 27.4 Å². The van der Waals surface area contributed by atoms with Crippen molar-refractivity contribution in [3.05, 3.63) is 65.9 Å². The Hall–Kier alpha value is -3.78. The van der Waals surface area contributed by atoms with Crippen molar-refractivity contribution in [2.75, 3.05) is 7.11 Å². The summed E-state index contributed by atoms with van der Waals surface area (Å²) in [6.07, 6.45) is 2.42. The van der Waals surface area contributed by atoms with Gasteiger partial charge in [0.15, 0.2) is 5.82 Å². The summed E-state index contributed by atoms with van der Waals surface area (Å²) in [7, 11) is 1.63. The van der Waals surface area contributed by atoms with Crippen LogP contribution in [0, 0.1) is 5.82 Å². The smallest absolute Gasteiger partial charge is 0.276 e. The summed E-state index contributed by atoms with van der Waals surface area (Å²) in [4.78, 5) is 12.4. The molecule has 2 aromatic carbocycles. The van der Waals surface area contributed by atoms with Gasteiger partial charge >= 0.3 is 0 Å². The fourth-order valence-corrected chi connectivity index (χ4v) is 3.60. The molecule has 3 aromatic heterocycles. The first-order chi connectivity index (χ1) is 15.2. The number of hydrogen-bond donors (Lipinski definition) is 1. The molecule has 1 N–H and O–H groups in total. The summed E-state index contributed by atoms with van der Waals surface area (Å²) in [6.45, 7) is 2.28. The number of rotatable bonds is 6. The summed E-state index contributed by atoms with van der Waals surface area (Å²) >= 11 is 0. The van der Waals surface area contributed by atoms with Crippen LogP contribution in [0.3, 0.4) is 0 Å². The molecule has 7 nitrogen and oxygen atoms in total. The minimum atomic E-state index is -0.309. The van der Waals surface area contributed by atoms with Crippen LogP contribution in [0.15, 0.2) is 53.2 Å². The van der Waals surface area contributed by atoms with Crippen molar-refractivity contribution in [1.29, 1.82) is 0 Å². The Bertz CT molecular complexity index is 1380. The Morgan fingerprint density at radius 2 is 1.87 bits per heavy atom. The number of hydrogen-bond acceptors (Lipinski definition) is 6. The Kier molecular flexibility index (Phi) is 4.83. The number of aromatic amines is 1. The molecule has 0 spiro atoms. The van der Waals surface area contributed by atoms with Gasteiger partial charge < -0.3 is 19.0 Å². The zero-order valence-corrected chi connectivity index (χ0v) is 17.0. The Morgan fingerprint density at radius 1 is 1.06 bits per heavy atom. The van der Waals surface area contributed by atoms with E-state index < -0.39 is 0 Å². The number of fused-ring (bicyclic) bond motifs is 3. The van der Waals surface area contributed by atoms with Crippen LogP contribution in [0.5, 0.6) is 11.5 Å². The SMILES string of the molecule is CCc1noc(-c2ncc3[nH]c4ccc(Oc5ccc(F)cc5)cc4c3c2COC)n1. The standard InChI is InChI=1S/C23H19FN4O3/c1-3-20-27-23(31-28-20)22-17(12-29-2)21-16-10-15(30-14-6-4-13(24)5-7-14)8-9-18(16)26-19(21)11-25-22/h4-11,26H,3,12H2,1-2H3. The van der Waals surface area contributed by atoms with Crippen LogP contribution < -0.4 is 4.74 Å². The third kappa shape index (κ3) is 3.51. The molecule has 0 amide bonds. The molecule has 0 unspecified atom stereocenters. The molecule has 0 fully saturated rings. The molecule has 8 heteroatoms. The van der Waals surface area contributed by atoms with E-state index in [1.54, 1.807) is 25.4 Å². The lowest BCUT2D eigenvalue weighted by molar-refractivity contribution is 0.186. The number of nitrogens with zero attached hydrogens (tertiary/aromatic N) is 3. The average Bonchev–Trinajstić information content (AvgIpc) is 3.40. The topological polar surface area (TPSA) is 86.1 Å². The summed E-state index contributed by atoms with van der Waals surface area (Å²) in [5.41, 5.74) is 3.22. The van der Waals surface area contributed by atoms with E-state index in [4.69, 9.17) is 14.0 Å². The van der Waals surface area contributed by atoms with E-state index in [9.17, 15) is 4.39 Å². The second-order valence-corrected chi connectivity index (χ2v) is 7.06. The molecular weight excluding hydrogens is 399 g/mol. The van der Waals surface area contributed by atoms with Crippen LogP contribution in [0.2, 0.25) is 0 Å². The highest BCUT2D eigenvalue weighted by Gasteiger charge is 2.20. The van der Waals surface area contributed by atoms with E-state index in [1.807, 2.05) is 25.1 Å². The minimum absolute atomic E-state index is 0.309. The number of benzene rings is 2. The number of ether oxygens (including phenoxy) is 2. The summed E-state index contributed by atoms with van der Waals surface area (Å²) in [6, 6.07) is 11.6. The number of pyridine rings is 1. The van der Waals surface area contributed by atoms with Gasteiger partial charge in [0, 0.05) is 35.4 Å². The van der Waals surface area contributed by atoms with Crippen LogP contribution in [0.4, 0.5) is 4.39 Å². The highest BCUT2D eigenvalue weighted by atomic mass is 19.1. The number of aryl methyl sites for hydroxylation is 1. The highest BCUT2D eigenvalue weighted by Crippen LogP contribution is 2.36. The Balaban J connectivity index is 1.66. The van der Waals surface area contributed by atoms with E-state index in [0.29, 0.717) is 41.9 Å². The molecule has 0 saturated heterocycles. The molecule has 0 aliphatic carbocycles. The lowest BCUT2D eigenvalue weighted by atomic mass is 10.1. The van der Waals surface area contributed by atoms with Crippen LogP contribution in [0.1, 0.15) is 18.3 Å². The van der Waals surface area contributed by atoms with Gasteiger partial charge in [0.05, 0.1) is 18.3 Å². The third-order valence-corrected chi connectivity index (χ3v) is 5.03. The molecule has 0 aliphatic heterocycles. The first-order valence-corrected chi connectivity index (χ1v) is 9.85. The van der Waals surface area contributed by atoms with Crippen molar-refractivity contribution in [1.82, 2.24) is 20.1 Å². The molecule has 0 bridgehead atoms. The minimum Gasteiger partial charge on any atom is -0.457 e. The van der Waals surface area contributed by atoms with Crippen molar-refractivity contribution in [3.63, 3.8) is 0 Å². The quantitative estimate of drug-likeness (QED) is 0.397. The van der Waals surface area contributed by atoms with Crippen molar-refractivity contribution in [3.8, 4) is 23.1 Å². The zero-order valence-electron chi connectivity index (χ0n) is 17.0. The molecule has 5 aromatic rings. The molecule has 31 heavy (non-hydrogen) atoms. The fraction of sp³-hybridized carbons (Fsp3) is 0.174. The second-order valence-electron chi connectivity index (χ2n) is 7.06. The predicted molar refractivity (Wildman–Crippen MR) is 113 cm³/mol. The third-order valence-electron chi connectivity index (χ3n) is 5.03. The van der Waals surface area contributed by atoms with E-state index in [2.05, 4.69) is 20.1 Å². The van der Waals surface area contributed by atoms with Gasteiger partial charge in [-0.25, -0.2) is 9.37 Å². The van der Waals surface area contributed by atoms with E-state index in [-0.39, 0.29) is 5.82 Å². The summed E-state index contributed by atoms with van der Waals surface area (Å²) in [5, 5.41) is 5.88. The molecule has 5 rings (SSSR count). The van der Waals surface area contributed by atoms with E-state index in [1.165, 1.54) is 12.1 Å². The first-order valence-electron chi connectivity index (χ1n) is 9.85. The molecular formula is C23H19FN4O3. The van der Waals surface area contributed by atoms with Gasteiger partial charge in [-0.05, 0) is 42.5 Å². The number of halogens is 1. The molecule has 0 atom stereocenters. The van der Waals surface area contributed by atoms with Crippen LogP contribution in [-0.2, 0) is 17.8 Å². The van der Waals surface area contributed by atoms with E-state index >= 15 is 0 Å². The molecule has 0 radical (unpaired) electrons. The molecule has 0 aliphatic rings. The number of H-pyrrole nitrogens is 1. The van der Waals surface area contributed by atoms with Gasteiger partial charge in [-0.2, -0.15) is 4.98 Å². The van der Waals surface area contributed by atoms with Crippen molar-refractivity contribution in [2.24, 2.45) is 0 Å². The predicted octanol–water partition coefficient (Wildman–Crippen LogP) is 5.41. The van der Waals surface area contributed by atoms with Gasteiger partial charge in [0.2, 0.25) is 0 Å².